The van der Waals surface area contributed by atoms with Crippen LogP contribution in [0, 0.1) is 0 Å². The summed E-state index contributed by atoms with van der Waals surface area (Å²) in [5.41, 5.74) is 4.59. The topological polar surface area (TPSA) is 50.7 Å². The molecule has 1 rings (SSSR count). The van der Waals surface area contributed by atoms with E-state index in [4.69, 9.17) is 4.74 Å². The quantitative estimate of drug-likeness (QED) is 0.632. The number of carbonyl (C=O) groups is 1. The van der Waals surface area contributed by atoms with Gasteiger partial charge in [-0.3, -0.25) is 4.79 Å². The minimum atomic E-state index is -0.249. The predicted molar refractivity (Wildman–Crippen MR) is 77.6 cm³/mol. The Hall–Kier alpha value is -1.84. The molecule has 0 spiro atoms. The summed E-state index contributed by atoms with van der Waals surface area (Å²) in [5.74, 6) is 0.931. The number of amides is 1. The summed E-state index contributed by atoms with van der Waals surface area (Å²) in [6, 6.07) is 7.78. The molecule has 0 bridgehead atoms. The number of hydrogen-bond donors (Lipinski definition) is 1. The van der Waals surface area contributed by atoms with E-state index in [2.05, 4.69) is 24.4 Å². The molecular formula is C15H22N2O2. The summed E-state index contributed by atoms with van der Waals surface area (Å²) in [7, 11) is 0. The van der Waals surface area contributed by atoms with Crippen LogP contribution >= 0.6 is 0 Å². The molecule has 0 saturated carbocycles. The van der Waals surface area contributed by atoms with Crippen molar-refractivity contribution >= 4 is 11.6 Å². The number of rotatable bonds is 6. The highest BCUT2D eigenvalue weighted by Gasteiger charge is 2.03. The maximum absolute atomic E-state index is 11.5. The standard InChI is InChI=1S/C15H22N2O2/c1-5-12(4)16-17-15(18)10-19-14-8-6-13(7-9-14)11(2)3/h6-9,11H,5,10H2,1-4H3,(H,17,18)/b16-12-. The van der Waals surface area contributed by atoms with Crippen molar-refractivity contribution in [1.82, 2.24) is 5.43 Å². The van der Waals surface area contributed by atoms with Gasteiger partial charge in [0.05, 0.1) is 0 Å². The minimum Gasteiger partial charge on any atom is -0.484 e. The molecule has 0 unspecified atom stereocenters. The van der Waals surface area contributed by atoms with Gasteiger partial charge >= 0.3 is 0 Å². The highest BCUT2D eigenvalue weighted by Crippen LogP contribution is 2.18. The second-order valence-electron chi connectivity index (χ2n) is 4.75. The largest absolute Gasteiger partial charge is 0.484 e. The average molecular weight is 262 g/mol. The smallest absolute Gasteiger partial charge is 0.277 e. The number of nitrogens with zero attached hydrogens (tertiary/aromatic N) is 1. The van der Waals surface area contributed by atoms with E-state index in [1.54, 1.807) is 0 Å². The number of nitrogens with one attached hydrogen (secondary N) is 1. The molecule has 1 amide bonds. The molecule has 4 nitrogen and oxygen atoms in total. The summed E-state index contributed by atoms with van der Waals surface area (Å²) >= 11 is 0. The fraction of sp³-hybridized carbons (Fsp3) is 0.467. The lowest BCUT2D eigenvalue weighted by molar-refractivity contribution is -0.123. The van der Waals surface area contributed by atoms with Gasteiger partial charge < -0.3 is 4.74 Å². The molecule has 0 radical (unpaired) electrons. The van der Waals surface area contributed by atoms with Crippen molar-refractivity contribution < 1.29 is 9.53 Å². The first-order valence-corrected chi connectivity index (χ1v) is 6.57. The van der Waals surface area contributed by atoms with Crippen LogP contribution in [-0.4, -0.2) is 18.2 Å². The van der Waals surface area contributed by atoms with Crippen LogP contribution in [0.15, 0.2) is 29.4 Å². The van der Waals surface area contributed by atoms with Crippen molar-refractivity contribution in [3.8, 4) is 5.75 Å². The highest BCUT2D eigenvalue weighted by atomic mass is 16.5. The van der Waals surface area contributed by atoms with Gasteiger partial charge in [0.15, 0.2) is 6.61 Å². The molecule has 0 aliphatic rings. The van der Waals surface area contributed by atoms with Crippen molar-refractivity contribution in [1.29, 1.82) is 0 Å². The van der Waals surface area contributed by atoms with Crippen LogP contribution < -0.4 is 10.2 Å². The summed E-state index contributed by atoms with van der Waals surface area (Å²) in [6.45, 7) is 8.10. The van der Waals surface area contributed by atoms with Gasteiger partial charge in [0.1, 0.15) is 5.75 Å². The third-order valence-corrected chi connectivity index (χ3v) is 2.80. The maximum atomic E-state index is 11.5. The van der Waals surface area contributed by atoms with Gasteiger partial charge in [-0.1, -0.05) is 32.9 Å². The van der Waals surface area contributed by atoms with Crippen molar-refractivity contribution in [3.63, 3.8) is 0 Å². The van der Waals surface area contributed by atoms with Crippen LogP contribution in [0.25, 0.3) is 0 Å². The van der Waals surface area contributed by atoms with Crippen LogP contribution in [0.3, 0.4) is 0 Å². The van der Waals surface area contributed by atoms with E-state index >= 15 is 0 Å². The number of hydrogen-bond acceptors (Lipinski definition) is 3. The Morgan fingerprint density at radius 3 is 2.47 bits per heavy atom. The Morgan fingerprint density at radius 1 is 1.32 bits per heavy atom. The second-order valence-corrected chi connectivity index (χ2v) is 4.75. The molecule has 0 aromatic heterocycles. The number of hydrazone groups is 1. The monoisotopic (exact) mass is 262 g/mol. The molecule has 0 aliphatic heterocycles. The van der Waals surface area contributed by atoms with Crippen molar-refractivity contribution in [3.05, 3.63) is 29.8 Å². The first kappa shape index (κ1) is 15.2. The predicted octanol–water partition coefficient (Wildman–Crippen LogP) is 3.09. The van der Waals surface area contributed by atoms with Crippen molar-refractivity contribution in [2.24, 2.45) is 5.10 Å². The van der Waals surface area contributed by atoms with Crippen molar-refractivity contribution in [2.75, 3.05) is 6.61 Å². The van der Waals surface area contributed by atoms with Crippen LogP contribution in [0.4, 0.5) is 0 Å². The molecule has 0 fully saturated rings. The fourth-order valence-electron chi connectivity index (χ4n) is 1.37. The van der Waals surface area contributed by atoms with E-state index in [-0.39, 0.29) is 12.5 Å². The summed E-state index contributed by atoms with van der Waals surface area (Å²) in [4.78, 5) is 11.5. The fourth-order valence-corrected chi connectivity index (χ4v) is 1.37. The van der Waals surface area contributed by atoms with Crippen LogP contribution in [0.1, 0.15) is 45.6 Å². The summed E-state index contributed by atoms with van der Waals surface area (Å²) in [5, 5.41) is 3.93. The van der Waals surface area contributed by atoms with Crippen LogP contribution in [-0.2, 0) is 4.79 Å². The van der Waals surface area contributed by atoms with Gasteiger partial charge in [-0.05, 0) is 37.0 Å². The molecule has 0 atom stereocenters. The van der Waals surface area contributed by atoms with E-state index in [0.717, 1.165) is 12.1 Å². The van der Waals surface area contributed by atoms with E-state index in [1.807, 2.05) is 38.1 Å². The Morgan fingerprint density at radius 2 is 1.95 bits per heavy atom. The SMILES string of the molecule is CC/C(C)=N\NC(=O)COc1ccc(C(C)C)cc1. The Balaban J connectivity index is 2.42. The lowest BCUT2D eigenvalue weighted by atomic mass is 10.0. The lowest BCUT2D eigenvalue weighted by Crippen LogP contribution is -2.25. The van der Waals surface area contributed by atoms with Gasteiger partial charge in [0.2, 0.25) is 0 Å². The third kappa shape index (κ3) is 5.55. The van der Waals surface area contributed by atoms with Gasteiger partial charge in [0.25, 0.3) is 5.91 Å². The third-order valence-electron chi connectivity index (χ3n) is 2.80. The molecule has 4 heteroatoms. The molecule has 0 saturated heterocycles. The zero-order chi connectivity index (χ0) is 14.3. The maximum Gasteiger partial charge on any atom is 0.277 e. The molecule has 104 valence electrons. The first-order valence-electron chi connectivity index (χ1n) is 6.57. The molecular weight excluding hydrogens is 240 g/mol. The minimum absolute atomic E-state index is 0.0263. The average Bonchev–Trinajstić information content (AvgIpc) is 2.42. The Kier molecular flexibility index (Phi) is 6.06. The molecule has 19 heavy (non-hydrogen) atoms. The van der Waals surface area contributed by atoms with E-state index in [9.17, 15) is 4.79 Å². The van der Waals surface area contributed by atoms with Gasteiger partial charge in [-0.15, -0.1) is 0 Å². The van der Waals surface area contributed by atoms with E-state index in [1.165, 1.54) is 5.56 Å². The first-order chi connectivity index (χ1) is 9.02. The Labute approximate surface area is 114 Å². The molecule has 0 heterocycles. The van der Waals surface area contributed by atoms with Crippen molar-refractivity contribution in [2.45, 2.75) is 40.0 Å². The van der Waals surface area contributed by atoms with Crippen LogP contribution in [0.2, 0.25) is 0 Å². The molecule has 1 aromatic rings. The van der Waals surface area contributed by atoms with Gasteiger partial charge in [0, 0.05) is 5.71 Å². The van der Waals surface area contributed by atoms with E-state index < -0.39 is 0 Å². The van der Waals surface area contributed by atoms with Crippen LogP contribution in [0.5, 0.6) is 5.75 Å². The zero-order valence-corrected chi connectivity index (χ0v) is 12.1. The van der Waals surface area contributed by atoms with Gasteiger partial charge in [-0.25, -0.2) is 5.43 Å². The number of benzene rings is 1. The number of ether oxygens (including phenoxy) is 1. The Bertz CT molecular complexity index is 436. The molecule has 1 aromatic carbocycles. The molecule has 0 aliphatic carbocycles. The lowest BCUT2D eigenvalue weighted by Gasteiger charge is -2.08. The normalized spacial score (nSPS) is 11.5. The second kappa shape index (κ2) is 7.56. The van der Waals surface area contributed by atoms with Gasteiger partial charge in [-0.2, -0.15) is 5.10 Å². The summed E-state index contributed by atoms with van der Waals surface area (Å²) < 4.78 is 5.39. The zero-order valence-electron chi connectivity index (χ0n) is 12.1. The molecule has 1 N–H and O–H groups in total. The van der Waals surface area contributed by atoms with E-state index in [0.29, 0.717) is 11.7 Å². The summed E-state index contributed by atoms with van der Waals surface area (Å²) in [6.07, 6.45) is 0.817. The number of carbonyl (C=O) groups excluding carboxylic acids is 1. The highest BCUT2D eigenvalue weighted by molar-refractivity contribution is 5.84.